The maximum atomic E-state index is 13.2. The summed E-state index contributed by atoms with van der Waals surface area (Å²) in [4.78, 5) is 4.10. The number of nitrogens with zero attached hydrogens (tertiary/aromatic N) is 1. The van der Waals surface area contributed by atoms with Crippen molar-refractivity contribution in [1.82, 2.24) is 10.3 Å². The fourth-order valence-electron chi connectivity index (χ4n) is 2.24. The highest BCUT2D eigenvalue weighted by molar-refractivity contribution is 6.31. The van der Waals surface area contributed by atoms with Crippen molar-refractivity contribution in [1.29, 1.82) is 0 Å². The van der Waals surface area contributed by atoms with Gasteiger partial charge < -0.3 is 11.1 Å². The van der Waals surface area contributed by atoms with Gasteiger partial charge in [-0.15, -0.1) is 0 Å². The Labute approximate surface area is 129 Å². The van der Waals surface area contributed by atoms with Gasteiger partial charge in [0.2, 0.25) is 0 Å². The molecule has 0 spiro atoms. The number of pyridine rings is 1. The molecule has 0 amide bonds. The average Bonchev–Trinajstić information content (AvgIpc) is 2.46. The van der Waals surface area contributed by atoms with E-state index in [1.54, 1.807) is 12.3 Å². The van der Waals surface area contributed by atoms with E-state index in [1.165, 1.54) is 12.1 Å². The molecule has 1 aromatic carbocycles. The fraction of sp³-hybridized carbons (Fsp3) is 0.312. The van der Waals surface area contributed by atoms with E-state index in [4.69, 9.17) is 17.3 Å². The van der Waals surface area contributed by atoms with Crippen molar-refractivity contribution in [3.63, 3.8) is 0 Å². The Bertz CT molecular complexity index is 604. The predicted octanol–water partition coefficient (Wildman–Crippen LogP) is 3.74. The molecule has 112 valence electrons. The number of anilines is 1. The van der Waals surface area contributed by atoms with Gasteiger partial charge in [-0.2, -0.15) is 0 Å². The number of nitrogens with one attached hydrogen (secondary N) is 1. The molecular formula is C16H19ClFN3. The van der Waals surface area contributed by atoms with Gasteiger partial charge in [-0.1, -0.05) is 30.7 Å². The molecule has 2 aromatic rings. The zero-order valence-electron chi connectivity index (χ0n) is 11.9. The lowest BCUT2D eigenvalue weighted by Gasteiger charge is -2.21. The van der Waals surface area contributed by atoms with E-state index in [0.29, 0.717) is 17.3 Å². The van der Waals surface area contributed by atoms with E-state index < -0.39 is 0 Å². The number of hydrogen-bond acceptors (Lipinski definition) is 3. The number of nitrogens with two attached hydrogens (primary N) is 1. The van der Waals surface area contributed by atoms with Crippen LogP contribution in [0, 0.1) is 5.82 Å². The predicted molar refractivity (Wildman–Crippen MR) is 84.8 cm³/mol. The Morgan fingerprint density at radius 1 is 1.38 bits per heavy atom. The summed E-state index contributed by atoms with van der Waals surface area (Å²) in [5.41, 5.74) is 7.73. The highest BCUT2D eigenvalue weighted by Gasteiger charge is 2.16. The molecule has 0 aliphatic rings. The van der Waals surface area contributed by atoms with Crippen molar-refractivity contribution in [2.75, 3.05) is 12.3 Å². The molecule has 0 aliphatic carbocycles. The van der Waals surface area contributed by atoms with E-state index >= 15 is 0 Å². The Kier molecular flexibility index (Phi) is 5.53. The molecule has 1 heterocycles. The fourth-order valence-corrected chi connectivity index (χ4v) is 2.54. The van der Waals surface area contributed by atoms with Gasteiger partial charge in [-0.05, 0) is 48.7 Å². The number of benzene rings is 1. The SMILES string of the molecule is CCCNC(Cc1cccnc1N)c1ccc(F)cc1Cl. The van der Waals surface area contributed by atoms with Gasteiger partial charge in [0, 0.05) is 17.3 Å². The van der Waals surface area contributed by atoms with Crippen molar-refractivity contribution >= 4 is 17.4 Å². The molecule has 3 N–H and O–H groups in total. The number of hydrogen-bond donors (Lipinski definition) is 2. The summed E-state index contributed by atoms with van der Waals surface area (Å²) in [6.45, 7) is 2.94. The lowest BCUT2D eigenvalue weighted by atomic mass is 9.99. The molecular weight excluding hydrogens is 289 g/mol. The van der Waals surface area contributed by atoms with Crippen LogP contribution in [0.1, 0.15) is 30.5 Å². The van der Waals surface area contributed by atoms with Crippen molar-refractivity contribution < 1.29 is 4.39 Å². The molecule has 2 rings (SSSR count). The van der Waals surface area contributed by atoms with Gasteiger partial charge in [0.15, 0.2) is 0 Å². The summed E-state index contributed by atoms with van der Waals surface area (Å²) >= 11 is 6.18. The number of nitrogen functional groups attached to an aromatic ring is 1. The van der Waals surface area contributed by atoms with Gasteiger partial charge in [0.1, 0.15) is 11.6 Å². The van der Waals surface area contributed by atoms with Crippen molar-refractivity contribution in [2.45, 2.75) is 25.8 Å². The minimum atomic E-state index is -0.334. The van der Waals surface area contributed by atoms with Crippen molar-refractivity contribution in [2.24, 2.45) is 0 Å². The van der Waals surface area contributed by atoms with Gasteiger partial charge in [-0.25, -0.2) is 9.37 Å². The lowest BCUT2D eigenvalue weighted by Crippen LogP contribution is -2.25. The molecule has 1 unspecified atom stereocenters. The van der Waals surface area contributed by atoms with Gasteiger partial charge in [-0.3, -0.25) is 0 Å². The standard InChI is InChI=1S/C16H19ClFN3/c1-2-7-20-15(9-11-4-3-8-21-16(11)19)13-6-5-12(18)10-14(13)17/h3-6,8,10,15,20H,2,7,9H2,1H3,(H2,19,21). The number of rotatable bonds is 6. The Morgan fingerprint density at radius 2 is 2.19 bits per heavy atom. The minimum Gasteiger partial charge on any atom is -0.383 e. The van der Waals surface area contributed by atoms with Gasteiger partial charge in [0.05, 0.1) is 0 Å². The second kappa shape index (κ2) is 7.38. The molecule has 0 radical (unpaired) electrons. The zero-order valence-corrected chi connectivity index (χ0v) is 12.7. The van der Waals surface area contributed by atoms with Crippen molar-refractivity contribution in [3.05, 3.63) is 58.5 Å². The summed E-state index contributed by atoms with van der Waals surface area (Å²) in [6, 6.07) is 8.26. The van der Waals surface area contributed by atoms with Gasteiger partial charge in [0.25, 0.3) is 0 Å². The van der Waals surface area contributed by atoms with Crippen LogP contribution < -0.4 is 11.1 Å². The first-order valence-electron chi connectivity index (χ1n) is 6.99. The third kappa shape index (κ3) is 4.16. The lowest BCUT2D eigenvalue weighted by molar-refractivity contribution is 0.528. The summed E-state index contributed by atoms with van der Waals surface area (Å²) in [5, 5.41) is 3.85. The summed E-state index contributed by atoms with van der Waals surface area (Å²) in [6.07, 6.45) is 3.32. The smallest absolute Gasteiger partial charge is 0.126 e. The second-order valence-corrected chi connectivity index (χ2v) is 5.33. The van der Waals surface area contributed by atoms with E-state index in [-0.39, 0.29) is 11.9 Å². The second-order valence-electron chi connectivity index (χ2n) is 4.92. The molecule has 5 heteroatoms. The highest BCUT2D eigenvalue weighted by Crippen LogP contribution is 2.27. The molecule has 1 atom stereocenters. The molecule has 0 saturated carbocycles. The zero-order chi connectivity index (χ0) is 15.2. The van der Waals surface area contributed by atoms with Crippen LogP contribution >= 0.6 is 11.6 Å². The largest absolute Gasteiger partial charge is 0.383 e. The van der Waals surface area contributed by atoms with Crippen LogP contribution in [0.3, 0.4) is 0 Å². The topological polar surface area (TPSA) is 50.9 Å². The van der Waals surface area contributed by atoms with E-state index in [9.17, 15) is 4.39 Å². The first-order valence-corrected chi connectivity index (χ1v) is 7.37. The van der Waals surface area contributed by atoms with Crippen LogP contribution in [-0.2, 0) is 6.42 Å². The van der Waals surface area contributed by atoms with Gasteiger partial charge >= 0.3 is 0 Å². The summed E-state index contributed by atoms with van der Waals surface area (Å²) in [5.74, 6) is 0.179. The number of halogens is 2. The van der Waals surface area contributed by atoms with Crippen LogP contribution in [0.4, 0.5) is 10.2 Å². The molecule has 0 bridgehead atoms. The summed E-state index contributed by atoms with van der Waals surface area (Å²) in [7, 11) is 0. The van der Waals surface area contributed by atoms with Crippen LogP contribution in [0.5, 0.6) is 0 Å². The molecule has 0 aliphatic heterocycles. The monoisotopic (exact) mass is 307 g/mol. The third-order valence-corrected chi connectivity index (χ3v) is 3.66. The summed E-state index contributed by atoms with van der Waals surface area (Å²) < 4.78 is 13.2. The van der Waals surface area contributed by atoms with E-state index in [0.717, 1.165) is 24.1 Å². The Hall–Kier alpha value is -1.65. The van der Waals surface area contributed by atoms with E-state index in [1.807, 2.05) is 12.1 Å². The highest BCUT2D eigenvalue weighted by atomic mass is 35.5. The quantitative estimate of drug-likeness (QED) is 0.854. The third-order valence-electron chi connectivity index (χ3n) is 3.33. The molecule has 3 nitrogen and oxygen atoms in total. The maximum Gasteiger partial charge on any atom is 0.126 e. The molecule has 21 heavy (non-hydrogen) atoms. The maximum absolute atomic E-state index is 13.2. The van der Waals surface area contributed by atoms with Crippen LogP contribution in [0.2, 0.25) is 5.02 Å². The first-order chi connectivity index (χ1) is 10.1. The molecule has 1 aromatic heterocycles. The first kappa shape index (κ1) is 15.7. The van der Waals surface area contributed by atoms with Crippen molar-refractivity contribution in [3.8, 4) is 0 Å². The van der Waals surface area contributed by atoms with Crippen LogP contribution in [0.25, 0.3) is 0 Å². The van der Waals surface area contributed by atoms with Crippen LogP contribution in [0.15, 0.2) is 36.5 Å². The minimum absolute atomic E-state index is 0.0236. The number of aromatic nitrogens is 1. The Balaban J connectivity index is 2.27. The van der Waals surface area contributed by atoms with Crippen LogP contribution in [-0.4, -0.2) is 11.5 Å². The molecule has 0 fully saturated rings. The average molecular weight is 308 g/mol. The normalized spacial score (nSPS) is 12.3. The van der Waals surface area contributed by atoms with E-state index in [2.05, 4.69) is 17.2 Å². The molecule has 0 saturated heterocycles. The Morgan fingerprint density at radius 3 is 2.86 bits per heavy atom.